The number of benzene rings is 1. The maximum Gasteiger partial charge on any atom is 0.404 e. The third kappa shape index (κ3) is 6.17. The van der Waals surface area contributed by atoms with Crippen LogP contribution in [0.3, 0.4) is 0 Å². The molecule has 1 aliphatic carbocycles. The number of amides is 2. The van der Waals surface area contributed by atoms with E-state index in [1.54, 1.807) is 25.8 Å². The van der Waals surface area contributed by atoms with Gasteiger partial charge in [0.15, 0.2) is 0 Å². The fourth-order valence-electron chi connectivity index (χ4n) is 4.98. The Morgan fingerprint density at radius 3 is 2.56 bits per heavy atom. The van der Waals surface area contributed by atoms with Gasteiger partial charge in [-0.1, -0.05) is 12.1 Å². The van der Waals surface area contributed by atoms with Crippen LogP contribution in [0.5, 0.6) is 0 Å². The molecule has 4 N–H and O–H groups in total. The van der Waals surface area contributed by atoms with Gasteiger partial charge in [0.25, 0.3) is 5.91 Å². The zero-order valence-electron chi connectivity index (χ0n) is 21.4. The van der Waals surface area contributed by atoms with E-state index in [0.29, 0.717) is 18.8 Å². The topological polar surface area (TPSA) is 135 Å². The highest BCUT2D eigenvalue weighted by Gasteiger charge is 2.26. The molecule has 1 aromatic carbocycles. The standard InChI is InChI=1S/C27H30IN7O4/c1-39-16-35-23(28)12-21-24(32-18-4-6-19(7-5-18)33-27(37)38)22(14-30-25(21)35)26(36)31-13-17-2-8-20(9-3-17)34-11-10-29-15-34/h2-3,8-12,14-15,18-19,33H,4-7,13,16H2,1H3,(H,30,32)(H,31,36)(H,37,38). The Balaban J connectivity index is 1.36. The molecule has 3 heterocycles. The zero-order chi connectivity index (χ0) is 27.4. The summed E-state index contributed by atoms with van der Waals surface area (Å²) in [4.78, 5) is 33.2. The van der Waals surface area contributed by atoms with Gasteiger partial charge in [-0.25, -0.2) is 14.8 Å². The monoisotopic (exact) mass is 643 g/mol. The van der Waals surface area contributed by atoms with Gasteiger partial charge in [0.2, 0.25) is 0 Å². The Bertz CT molecular complexity index is 1450. The molecule has 39 heavy (non-hydrogen) atoms. The molecule has 0 bridgehead atoms. The fourth-order valence-corrected chi connectivity index (χ4v) is 5.66. The molecule has 1 saturated carbocycles. The minimum atomic E-state index is -0.994. The molecule has 3 aromatic heterocycles. The lowest BCUT2D eigenvalue weighted by molar-refractivity contribution is 0.0951. The summed E-state index contributed by atoms with van der Waals surface area (Å²) in [5.41, 5.74) is 3.90. The number of nitrogens with zero attached hydrogens (tertiary/aromatic N) is 4. The van der Waals surface area contributed by atoms with E-state index in [2.05, 4.69) is 48.5 Å². The number of ether oxygens (including phenoxy) is 1. The lowest BCUT2D eigenvalue weighted by Gasteiger charge is -2.30. The number of imidazole rings is 1. The third-order valence-electron chi connectivity index (χ3n) is 6.97. The van der Waals surface area contributed by atoms with Crippen molar-refractivity contribution < 1.29 is 19.4 Å². The van der Waals surface area contributed by atoms with Crippen molar-refractivity contribution >= 4 is 51.3 Å². The van der Waals surface area contributed by atoms with Crippen LogP contribution in [0.4, 0.5) is 10.5 Å². The van der Waals surface area contributed by atoms with Crippen molar-refractivity contribution in [3.05, 3.63) is 70.1 Å². The van der Waals surface area contributed by atoms with Crippen molar-refractivity contribution in [2.75, 3.05) is 12.4 Å². The molecule has 0 atom stereocenters. The molecule has 4 aromatic rings. The van der Waals surface area contributed by atoms with Crippen molar-refractivity contribution in [2.45, 2.75) is 51.0 Å². The minimum absolute atomic E-state index is 0.0512. The van der Waals surface area contributed by atoms with Crippen LogP contribution in [-0.2, 0) is 18.0 Å². The fraction of sp³-hybridized carbons (Fsp3) is 0.333. The van der Waals surface area contributed by atoms with Crippen LogP contribution < -0.4 is 16.0 Å². The van der Waals surface area contributed by atoms with Crippen LogP contribution in [0.15, 0.2) is 55.2 Å². The Morgan fingerprint density at radius 2 is 1.90 bits per heavy atom. The smallest absolute Gasteiger partial charge is 0.404 e. The number of hydrogen-bond acceptors (Lipinski definition) is 6. The summed E-state index contributed by atoms with van der Waals surface area (Å²) in [6, 6.07) is 9.99. The highest BCUT2D eigenvalue weighted by molar-refractivity contribution is 14.1. The van der Waals surface area contributed by atoms with Crippen molar-refractivity contribution in [1.82, 2.24) is 29.7 Å². The van der Waals surface area contributed by atoms with Crippen molar-refractivity contribution in [2.24, 2.45) is 0 Å². The largest absolute Gasteiger partial charge is 0.465 e. The molecule has 0 spiro atoms. The number of carbonyl (C=O) groups excluding carboxylic acids is 1. The number of anilines is 1. The molecule has 1 aliphatic rings. The van der Waals surface area contributed by atoms with Gasteiger partial charge in [-0.05, 0) is 72.0 Å². The van der Waals surface area contributed by atoms with E-state index in [4.69, 9.17) is 9.84 Å². The molecular formula is C27H30IN7O4. The number of carboxylic acid groups (broad SMARTS) is 1. The maximum atomic E-state index is 13.5. The molecular weight excluding hydrogens is 613 g/mol. The number of rotatable bonds is 9. The Kier molecular flexibility index (Phi) is 8.31. The summed E-state index contributed by atoms with van der Waals surface area (Å²) < 4.78 is 10.2. The highest BCUT2D eigenvalue weighted by atomic mass is 127. The third-order valence-corrected chi connectivity index (χ3v) is 7.86. The molecule has 1 fully saturated rings. The number of carbonyl (C=O) groups is 2. The van der Waals surface area contributed by atoms with Gasteiger partial charge >= 0.3 is 6.09 Å². The second-order valence-electron chi connectivity index (χ2n) is 9.56. The molecule has 12 heteroatoms. The molecule has 0 saturated heterocycles. The van der Waals surface area contributed by atoms with E-state index in [-0.39, 0.29) is 18.0 Å². The lowest BCUT2D eigenvalue weighted by atomic mass is 9.91. The Labute approximate surface area is 239 Å². The molecule has 2 amide bonds. The van der Waals surface area contributed by atoms with Gasteiger partial charge in [-0.15, -0.1) is 0 Å². The number of halogens is 1. The van der Waals surface area contributed by atoms with Gasteiger partial charge in [0.05, 0.1) is 21.3 Å². The van der Waals surface area contributed by atoms with Crippen LogP contribution in [0.1, 0.15) is 41.6 Å². The molecule has 0 unspecified atom stereocenters. The summed E-state index contributed by atoms with van der Waals surface area (Å²) in [5, 5.41) is 19.1. The van der Waals surface area contributed by atoms with E-state index in [0.717, 1.165) is 57.4 Å². The molecule has 204 valence electrons. The number of pyridine rings is 1. The van der Waals surface area contributed by atoms with Gasteiger partial charge in [-0.2, -0.15) is 0 Å². The summed E-state index contributed by atoms with van der Waals surface area (Å²) in [6.07, 6.45) is 9.01. The predicted molar refractivity (Wildman–Crippen MR) is 155 cm³/mol. The van der Waals surface area contributed by atoms with Gasteiger partial charge in [0, 0.05) is 55.4 Å². The molecule has 11 nitrogen and oxygen atoms in total. The Morgan fingerprint density at radius 1 is 1.15 bits per heavy atom. The zero-order valence-corrected chi connectivity index (χ0v) is 23.6. The summed E-state index contributed by atoms with van der Waals surface area (Å²) in [7, 11) is 1.63. The predicted octanol–water partition coefficient (Wildman–Crippen LogP) is 4.35. The second kappa shape index (κ2) is 12.0. The van der Waals surface area contributed by atoms with Gasteiger partial charge in [0.1, 0.15) is 12.4 Å². The van der Waals surface area contributed by atoms with Crippen molar-refractivity contribution in [1.29, 1.82) is 0 Å². The Hall–Kier alpha value is -3.65. The van der Waals surface area contributed by atoms with Crippen molar-refractivity contribution in [3.63, 3.8) is 0 Å². The van der Waals surface area contributed by atoms with Crippen molar-refractivity contribution in [3.8, 4) is 5.69 Å². The van der Waals surface area contributed by atoms with Crippen LogP contribution >= 0.6 is 22.6 Å². The molecule has 5 rings (SSSR count). The van der Waals surface area contributed by atoms with E-state index in [9.17, 15) is 9.59 Å². The van der Waals surface area contributed by atoms with Crippen LogP contribution in [0.25, 0.3) is 16.7 Å². The average molecular weight is 643 g/mol. The number of fused-ring (bicyclic) bond motifs is 1. The highest BCUT2D eigenvalue weighted by Crippen LogP contribution is 2.32. The first-order valence-corrected chi connectivity index (χ1v) is 13.8. The van der Waals surface area contributed by atoms with E-state index < -0.39 is 6.09 Å². The SMILES string of the molecule is COCn1c(I)cc2c(NC3CCC(NC(=O)O)CC3)c(C(=O)NCc3ccc(-n4ccnc4)cc3)cnc21. The number of nitrogens with one attached hydrogen (secondary N) is 3. The summed E-state index contributed by atoms with van der Waals surface area (Å²) in [5.74, 6) is -0.221. The minimum Gasteiger partial charge on any atom is -0.465 e. The van der Waals surface area contributed by atoms with Crippen LogP contribution in [0.2, 0.25) is 0 Å². The quantitative estimate of drug-likeness (QED) is 0.199. The van der Waals surface area contributed by atoms with E-state index in [1.165, 1.54) is 0 Å². The first kappa shape index (κ1) is 26.9. The lowest BCUT2D eigenvalue weighted by Crippen LogP contribution is -2.39. The van der Waals surface area contributed by atoms with E-state index >= 15 is 0 Å². The molecule has 0 radical (unpaired) electrons. The number of hydrogen-bond donors (Lipinski definition) is 4. The summed E-state index contributed by atoms with van der Waals surface area (Å²) >= 11 is 2.24. The second-order valence-corrected chi connectivity index (χ2v) is 10.7. The first-order valence-electron chi connectivity index (χ1n) is 12.7. The molecule has 0 aliphatic heterocycles. The summed E-state index contributed by atoms with van der Waals surface area (Å²) in [6.45, 7) is 0.718. The normalized spacial score (nSPS) is 17.2. The van der Waals surface area contributed by atoms with Gasteiger partial charge < -0.3 is 30.4 Å². The van der Waals surface area contributed by atoms with Crippen LogP contribution in [0, 0.1) is 3.70 Å². The van der Waals surface area contributed by atoms with Crippen LogP contribution in [-0.4, -0.2) is 55.4 Å². The number of methoxy groups -OCH3 is 1. The van der Waals surface area contributed by atoms with E-state index in [1.807, 2.05) is 45.7 Å². The number of aromatic nitrogens is 4. The maximum absolute atomic E-state index is 13.5. The first-order chi connectivity index (χ1) is 18.9. The van der Waals surface area contributed by atoms with Gasteiger partial charge in [-0.3, -0.25) is 9.36 Å². The average Bonchev–Trinajstić information content (AvgIpc) is 3.58.